The zero-order valence-electron chi connectivity index (χ0n) is 9.71. The van der Waals surface area contributed by atoms with Crippen LogP contribution in [0.3, 0.4) is 0 Å². The molecule has 0 saturated heterocycles. The molecule has 0 saturated carbocycles. The van der Waals surface area contributed by atoms with Gasteiger partial charge in [-0.15, -0.1) is 0 Å². The summed E-state index contributed by atoms with van der Waals surface area (Å²) in [7, 11) is 1.57. The van der Waals surface area contributed by atoms with Crippen LogP contribution >= 0.6 is 0 Å². The topological polar surface area (TPSA) is 84.4 Å². The highest BCUT2D eigenvalue weighted by atomic mass is 16.6. The van der Waals surface area contributed by atoms with Crippen LogP contribution in [-0.2, 0) is 4.74 Å². The Kier molecular flexibility index (Phi) is 3.59. The molecule has 0 aliphatic heterocycles. The number of methoxy groups -OCH3 is 1. The van der Waals surface area contributed by atoms with E-state index < -0.39 is 12.8 Å². The van der Waals surface area contributed by atoms with E-state index in [4.69, 9.17) is 9.84 Å². The number of carbonyl (C=O) groups excluding carboxylic acids is 1. The first kappa shape index (κ1) is 12.1. The third kappa shape index (κ3) is 2.33. The predicted molar refractivity (Wildman–Crippen MR) is 63.1 cm³/mol. The number of hydrogen-bond acceptors (Lipinski definition) is 5. The van der Waals surface area contributed by atoms with Crippen LogP contribution in [0.1, 0.15) is 10.5 Å². The zero-order valence-corrected chi connectivity index (χ0v) is 9.71. The largest absolute Gasteiger partial charge is 0.496 e. The Labute approximate surface area is 103 Å². The summed E-state index contributed by atoms with van der Waals surface area (Å²) in [5, 5.41) is 15.0. The van der Waals surface area contributed by atoms with Crippen LogP contribution in [0.25, 0.3) is 11.3 Å². The highest BCUT2D eigenvalue weighted by Gasteiger charge is 2.14. The van der Waals surface area contributed by atoms with Gasteiger partial charge in [0.1, 0.15) is 5.75 Å². The van der Waals surface area contributed by atoms with Gasteiger partial charge in [-0.2, -0.15) is 5.10 Å². The number of esters is 1. The van der Waals surface area contributed by atoms with Gasteiger partial charge >= 0.3 is 5.97 Å². The normalized spacial score (nSPS) is 10.1. The molecule has 6 nitrogen and oxygen atoms in total. The quantitative estimate of drug-likeness (QED) is 0.627. The summed E-state index contributed by atoms with van der Waals surface area (Å²) < 4.78 is 9.65. The van der Waals surface area contributed by atoms with Crippen molar-refractivity contribution in [2.24, 2.45) is 0 Å². The lowest BCUT2D eigenvalue weighted by molar-refractivity contribution is 0.00624. The summed E-state index contributed by atoms with van der Waals surface area (Å²) in [6.07, 6.45) is 0. The van der Waals surface area contributed by atoms with E-state index >= 15 is 0 Å². The van der Waals surface area contributed by atoms with Crippen molar-refractivity contribution in [1.29, 1.82) is 0 Å². The molecule has 1 aromatic heterocycles. The average molecular weight is 248 g/mol. The van der Waals surface area contributed by atoms with Crippen molar-refractivity contribution in [2.75, 3.05) is 13.9 Å². The molecule has 2 rings (SSSR count). The molecule has 2 N–H and O–H groups in total. The molecule has 1 heterocycles. The molecule has 18 heavy (non-hydrogen) atoms. The number of rotatable bonds is 4. The lowest BCUT2D eigenvalue weighted by Gasteiger charge is -2.04. The molecule has 0 aliphatic carbocycles. The van der Waals surface area contributed by atoms with E-state index in [-0.39, 0.29) is 5.69 Å². The predicted octanol–water partition coefficient (Wildman–Crippen LogP) is 1.19. The number of carbonyl (C=O) groups is 1. The first-order valence-corrected chi connectivity index (χ1v) is 5.23. The van der Waals surface area contributed by atoms with Crippen molar-refractivity contribution in [2.45, 2.75) is 0 Å². The van der Waals surface area contributed by atoms with E-state index in [1.165, 1.54) is 6.07 Å². The number of H-pyrrole nitrogens is 1. The molecule has 1 aromatic carbocycles. The zero-order chi connectivity index (χ0) is 13.0. The average Bonchev–Trinajstić information content (AvgIpc) is 2.88. The maximum Gasteiger partial charge on any atom is 0.360 e. The summed E-state index contributed by atoms with van der Waals surface area (Å²) in [6, 6.07) is 8.88. The van der Waals surface area contributed by atoms with Gasteiger partial charge in [-0.3, -0.25) is 5.10 Å². The van der Waals surface area contributed by atoms with Gasteiger partial charge in [-0.25, -0.2) is 4.79 Å². The molecule has 0 fully saturated rings. The second-order valence-electron chi connectivity index (χ2n) is 3.43. The van der Waals surface area contributed by atoms with E-state index in [2.05, 4.69) is 14.9 Å². The second kappa shape index (κ2) is 5.33. The Hall–Kier alpha value is -2.34. The molecule has 0 amide bonds. The number of para-hydroxylation sites is 1. The summed E-state index contributed by atoms with van der Waals surface area (Å²) >= 11 is 0. The number of benzene rings is 1. The van der Waals surface area contributed by atoms with Crippen molar-refractivity contribution in [3.63, 3.8) is 0 Å². The van der Waals surface area contributed by atoms with Crippen LogP contribution in [0.4, 0.5) is 0 Å². The fourth-order valence-electron chi connectivity index (χ4n) is 1.56. The van der Waals surface area contributed by atoms with Gasteiger partial charge in [-0.1, -0.05) is 12.1 Å². The third-order valence-electron chi connectivity index (χ3n) is 2.38. The van der Waals surface area contributed by atoms with Crippen LogP contribution in [0.15, 0.2) is 30.3 Å². The molecule has 0 radical (unpaired) electrons. The van der Waals surface area contributed by atoms with Crippen LogP contribution < -0.4 is 4.74 Å². The fourth-order valence-corrected chi connectivity index (χ4v) is 1.56. The molecule has 94 valence electrons. The Balaban J connectivity index is 2.32. The van der Waals surface area contributed by atoms with E-state index in [0.717, 1.165) is 5.56 Å². The molecule has 0 aliphatic rings. The number of aromatic amines is 1. The summed E-state index contributed by atoms with van der Waals surface area (Å²) in [6.45, 7) is -0.671. The first-order valence-electron chi connectivity index (χ1n) is 5.23. The minimum absolute atomic E-state index is 0.102. The van der Waals surface area contributed by atoms with E-state index in [1.54, 1.807) is 7.11 Å². The first-order chi connectivity index (χ1) is 8.76. The Morgan fingerprint density at radius 3 is 2.94 bits per heavy atom. The maximum absolute atomic E-state index is 11.3. The molecule has 0 spiro atoms. The smallest absolute Gasteiger partial charge is 0.360 e. The Morgan fingerprint density at radius 2 is 2.22 bits per heavy atom. The van der Waals surface area contributed by atoms with Crippen molar-refractivity contribution in [3.05, 3.63) is 36.0 Å². The van der Waals surface area contributed by atoms with Gasteiger partial charge in [0.2, 0.25) is 0 Å². The summed E-state index contributed by atoms with van der Waals surface area (Å²) in [4.78, 5) is 11.3. The van der Waals surface area contributed by atoms with Gasteiger partial charge in [0.25, 0.3) is 0 Å². The standard InChI is InChI=1S/C12H12N2O4/c1-17-11-5-3-2-4-8(11)9-6-10(14-13-9)12(16)18-7-15/h2-6,15H,7H2,1H3,(H,13,14). The van der Waals surface area contributed by atoms with Gasteiger partial charge in [0.05, 0.1) is 12.8 Å². The molecule has 0 atom stereocenters. The monoisotopic (exact) mass is 248 g/mol. The van der Waals surface area contributed by atoms with Gasteiger partial charge in [-0.05, 0) is 18.2 Å². The fraction of sp³-hybridized carbons (Fsp3) is 0.167. The van der Waals surface area contributed by atoms with Crippen LogP contribution in [0.5, 0.6) is 5.75 Å². The molecule has 0 bridgehead atoms. The lowest BCUT2D eigenvalue weighted by atomic mass is 10.1. The molecule has 2 aromatic rings. The minimum atomic E-state index is -0.685. The van der Waals surface area contributed by atoms with Gasteiger partial charge < -0.3 is 14.6 Å². The van der Waals surface area contributed by atoms with Crippen LogP contribution in [0, 0.1) is 0 Å². The second-order valence-corrected chi connectivity index (χ2v) is 3.43. The number of hydrogen-bond donors (Lipinski definition) is 2. The highest BCUT2D eigenvalue weighted by molar-refractivity contribution is 5.88. The summed E-state index contributed by atoms with van der Waals surface area (Å²) in [5.74, 6) is -0.0156. The number of nitrogens with one attached hydrogen (secondary N) is 1. The van der Waals surface area contributed by atoms with E-state index in [9.17, 15) is 4.79 Å². The third-order valence-corrected chi connectivity index (χ3v) is 2.38. The number of aromatic nitrogens is 2. The molecule has 6 heteroatoms. The van der Waals surface area contributed by atoms with Crippen LogP contribution in [-0.4, -0.2) is 35.2 Å². The molecular formula is C12H12N2O4. The number of ether oxygens (including phenoxy) is 2. The summed E-state index contributed by atoms with van der Waals surface area (Å²) in [5.41, 5.74) is 1.53. The number of nitrogens with zero attached hydrogens (tertiary/aromatic N) is 1. The van der Waals surface area contributed by atoms with Crippen LogP contribution in [0.2, 0.25) is 0 Å². The minimum Gasteiger partial charge on any atom is -0.496 e. The highest BCUT2D eigenvalue weighted by Crippen LogP contribution is 2.28. The van der Waals surface area contributed by atoms with E-state index in [1.807, 2.05) is 24.3 Å². The lowest BCUT2D eigenvalue weighted by Crippen LogP contribution is -2.05. The van der Waals surface area contributed by atoms with Crippen molar-refractivity contribution in [1.82, 2.24) is 10.2 Å². The van der Waals surface area contributed by atoms with Crippen molar-refractivity contribution >= 4 is 5.97 Å². The SMILES string of the molecule is COc1ccccc1-c1cc(C(=O)OCO)n[nH]1. The Bertz CT molecular complexity index is 551. The maximum atomic E-state index is 11.3. The van der Waals surface area contributed by atoms with Crippen molar-refractivity contribution in [3.8, 4) is 17.0 Å². The van der Waals surface area contributed by atoms with Crippen molar-refractivity contribution < 1.29 is 19.4 Å². The number of aliphatic hydroxyl groups is 1. The number of aliphatic hydroxyl groups excluding tert-OH is 1. The van der Waals surface area contributed by atoms with Gasteiger partial charge in [0, 0.05) is 5.56 Å². The molecular weight excluding hydrogens is 236 g/mol. The van der Waals surface area contributed by atoms with Gasteiger partial charge in [0.15, 0.2) is 12.5 Å². The van der Waals surface area contributed by atoms with E-state index in [0.29, 0.717) is 11.4 Å². The Morgan fingerprint density at radius 1 is 1.44 bits per heavy atom. The molecule has 0 unspecified atom stereocenters.